The molecule has 4 heteroatoms. The molecule has 2 aliphatic rings. The normalized spacial score (nSPS) is 29.1. The van der Waals surface area contributed by atoms with Crippen molar-refractivity contribution >= 4 is 5.91 Å². The zero-order valence-electron chi connectivity index (χ0n) is 12.4. The van der Waals surface area contributed by atoms with Crippen molar-refractivity contribution in [3.63, 3.8) is 0 Å². The van der Waals surface area contributed by atoms with Crippen LogP contribution in [-0.2, 0) is 0 Å². The van der Waals surface area contributed by atoms with Gasteiger partial charge in [-0.3, -0.25) is 4.79 Å². The third-order valence-electron chi connectivity index (χ3n) is 5.13. The molecule has 1 aromatic carbocycles. The predicted molar refractivity (Wildman–Crippen MR) is 78.6 cm³/mol. The number of hydrogen-bond acceptors (Lipinski definition) is 2. The van der Waals surface area contributed by atoms with Gasteiger partial charge in [-0.1, -0.05) is 12.8 Å². The molecule has 0 spiro atoms. The Kier molecular flexibility index (Phi) is 3.74. The lowest BCUT2D eigenvalue weighted by atomic mass is 9.71. The number of aliphatic hydroxyl groups is 1. The summed E-state index contributed by atoms with van der Waals surface area (Å²) < 4.78 is 13.2. The van der Waals surface area contributed by atoms with Crippen LogP contribution in [0.4, 0.5) is 4.39 Å². The summed E-state index contributed by atoms with van der Waals surface area (Å²) in [6.45, 7) is 2.96. The Morgan fingerprint density at radius 3 is 2.95 bits per heavy atom. The van der Waals surface area contributed by atoms with Crippen molar-refractivity contribution in [3.8, 4) is 0 Å². The second-order valence-electron chi connectivity index (χ2n) is 6.51. The second-order valence-corrected chi connectivity index (χ2v) is 6.51. The van der Waals surface area contributed by atoms with Gasteiger partial charge in [0.2, 0.25) is 0 Å². The van der Waals surface area contributed by atoms with Crippen LogP contribution in [0.3, 0.4) is 0 Å². The van der Waals surface area contributed by atoms with Crippen molar-refractivity contribution in [2.24, 2.45) is 5.92 Å². The first kappa shape index (κ1) is 14.5. The molecule has 0 aromatic heterocycles. The lowest BCUT2D eigenvalue weighted by molar-refractivity contribution is -0.0886. The van der Waals surface area contributed by atoms with Gasteiger partial charge in [0, 0.05) is 24.6 Å². The summed E-state index contributed by atoms with van der Waals surface area (Å²) in [5.41, 5.74) is 0.662. The monoisotopic (exact) mass is 291 g/mol. The first-order valence-electron chi connectivity index (χ1n) is 7.77. The number of hydrogen-bond donors (Lipinski definition) is 1. The largest absolute Gasteiger partial charge is 0.389 e. The van der Waals surface area contributed by atoms with E-state index in [0.29, 0.717) is 30.6 Å². The maximum atomic E-state index is 13.2. The van der Waals surface area contributed by atoms with Gasteiger partial charge >= 0.3 is 0 Å². The average molecular weight is 291 g/mol. The molecule has 2 fully saturated rings. The molecule has 1 aromatic rings. The van der Waals surface area contributed by atoms with Gasteiger partial charge < -0.3 is 10.0 Å². The van der Waals surface area contributed by atoms with Gasteiger partial charge in [0.1, 0.15) is 5.82 Å². The van der Waals surface area contributed by atoms with Crippen molar-refractivity contribution in [1.29, 1.82) is 0 Å². The highest BCUT2D eigenvalue weighted by atomic mass is 19.1. The molecule has 1 heterocycles. The highest BCUT2D eigenvalue weighted by Crippen LogP contribution is 2.40. The number of benzene rings is 1. The molecule has 3 nitrogen and oxygen atoms in total. The molecule has 1 N–H and O–H groups in total. The minimum absolute atomic E-state index is 0.0416. The summed E-state index contributed by atoms with van der Waals surface area (Å²) in [5.74, 6) is -0.172. The van der Waals surface area contributed by atoms with Gasteiger partial charge in [0.15, 0.2) is 0 Å². The summed E-state index contributed by atoms with van der Waals surface area (Å²) in [6.07, 6.45) is 4.71. The first-order chi connectivity index (χ1) is 9.99. The van der Waals surface area contributed by atoms with Crippen LogP contribution in [0.25, 0.3) is 0 Å². The van der Waals surface area contributed by atoms with E-state index in [1.165, 1.54) is 12.1 Å². The number of nitrogens with zero attached hydrogens (tertiary/aromatic N) is 1. The molecule has 1 aliphatic carbocycles. The summed E-state index contributed by atoms with van der Waals surface area (Å²) in [6, 6.07) is 4.30. The van der Waals surface area contributed by atoms with Crippen LogP contribution in [0.15, 0.2) is 18.2 Å². The second kappa shape index (κ2) is 5.41. The predicted octanol–water partition coefficient (Wildman–Crippen LogP) is 2.90. The minimum atomic E-state index is -0.577. The molecule has 0 radical (unpaired) electrons. The lowest BCUT2D eigenvalue weighted by Crippen LogP contribution is -2.54. The van der Waals surface area contributed by atoms with E-state index in [0.717, 1.165) is 25.7 Å². The summed E-state index contributed by atoms with van der Waals surface area (Å²) in [7, 11) is 0. The Morgan fingerprint density at radius 1 is 1.38 bits per heavy atom. The van der Waals surface area contributed by atoms with E-state index in [2.05, 4.69) is 0 Å². The third kappa shape index (κ3) is 2.69. The van der Waals surface area contributed by atoms with Crippen molar-refractivity contribution in [3.05, 3.63) is 35.1 Å². The van der Waals surface area contributed by atoms with Gasteiger partial charge in [0.05, 0.1) is 5.60 Å². The number of likely N-dealkylation sites (tertiary alicyclic amines) is 1. The Bertz CT molecular complexity index is 560. The fourth-order valence-electron chi connectivity index (χ4n) is 3.79. The lowest BCUT2D eigenvalue weighted by Gasteiger charge is -2.47. The Balaban J connectivity index is 1.77. The fraction of sp³-hybridized carbons (Fsp3) is 0.588. The molecular weight excluding hydrogens is 269 g/mol. The molecule has 1 saturated heterocycles. The molecule has 3 rings (SSSR count). The molecular formula is C17H22FNO2. The van der Waals surface area contributed by atoms with Gasteiger partial charge in [-0.2, -0.15) is 0 Å². The molecule has 1 amide bonds. The van der Waals surface area contributed by atoms with E-state index in [-0.39, 0.29) is 17.6 Å². The quantitative estimate of drug-likeness (QED) is 0.864. The number of carbonyl (C=O) groups is 1. The number of rotatable bonds is 1. The Morgan fingerprint density at radius 2 is 2.19 bits per heavy atom. The number of fused-ring (bicyclic) bond motifs is 1. The number of aryl methyl sites for hydroxylation is 1. The van der Waals surface area contributed by atoms with Crippen LogP contribution in [0, 0.1) is 18.7 Å². The average Bonchev–Trinajstić information content (AvgIpc) is 2.45. The number of halogens is 1. The van der Waals surface area contributed by atoms with Gasteiger partial charge in [-0.15, -0.1) is 0 Å². The van der Waals surface area contributed by atoms with E-state index < -0.39 is 5.60 Å². The number of amides is 1. The molecule has 1 saturated carbocycles. The highest BCUT2D eigenvalue weighted by molar-refractivity contribution is 5.95. The van der Waals surface area contributed by atoms with Gasteiger partial charge in [-0.05, 0) is 49.9 Å². The topological polar surface area (TPSA) is 40.5 Å². The van der Waals surface area contributed by atoms with Crippen LogP contribution in [0.2, 0.25) is 0 Å². The SMILES string of the molecule is Cc1cc(F)ccc1C(=O)N1CCC2(O)CCCCC2C1. The Labute approximate surface area is 124 Å². The number of piperidine rings is 1. The molecule has 114 valence electrons. The molecule has 0 bridgehead atoms. The summed E-state index contributed by atoms with van der Waals surface area (Å²) in [4.78, 5) is 14.5. The third-order valence-corrected chi connectivity index (χ3v) is 5.13. The van der Waals surface area contributed by atoms with Gasteiger partial charge in [-0.25, -0.2) is 4.39 Å². The molecule has 21 heavy (non-hydrogen) atoms. The van der Waals surface area contributed by atoms with Crippen LogP contribution in [0.1, 0.15) is 48.0 Å². The van der Waals surface area contributed by atoms with Crippen LogP contribution < -0.4 is 0 Å². The summed E-state index contributed by atoms with van der Waals surface area (Å²) >= 11 is 0. The van der Waals surface area contributed by atoms with E-state index >= 15 is 0 Å². The maximum absolute atomic E-state index is 13.2. The van der Waals surface area contributed by atoms with Crippen LogP contribution in [0.5, 0.6) is 0 Å². The highest BCUT2D eigenvalue weighted by Gasteiger charge is 2.43. The standard InChI is InChI=1S/C17H22FNO2/c1-12-10-14(18)5-6-15(12)16(20)19-9-8-17(21)7-3-2-4-13(17)11-19/h5-6,10,13,21H,2-4,7-9,11H2,1H3. The molecule has 2 unspecified atom stereocenters. The van der Waals surface area contributed by atoms with Crippen molar-refractivity contribution in [2.45, 2.75) is 44.6 Å². The zero-order chi connectivity index (χ0) is 15.0. The Hall–Kier alpha value is -1.42. The first-order valence-corrected chi connectivity index (χ1v) is 7.77. The van der Waals surface area contributed by atoms with E-state index in [1.807, 2.05) is 4.90 Å². The van der Waals surface area contributed by atoms with Crippen LogP contribution in [-0.4, -0.2) is 34.6 Å². The molecule has 2 atom stereocenters. The van der Waals surface area contributed by atoms with Gasteiger partial charge in [0.25, 0.3) is 5.91 Å². The maximum Gasteiger partial charge on any atom is 0.254 e. The fourth-order valence-corrected chi connectivity index (χ4v) is 3.79. The van der Waals surface area contributed by atoms with E-state index in [4.69, 9.17) is 0 Å². The van der Waals surface area contributed by atoms with Crippen molar-refractivity contribution in [1.82, 2.24) is 4.90 Å². The summed E-state index contributed by atoms with van der Waals surface area (Å²) in [5, 5.41) is 10.7. The van der Waals surface area contributed by atoms with E-state index in [1.54, 1.807) is 13.0 Å². The number of carbonyl (C=O) groups excluding carboxylic acids is 1. The minimum Gasteiger partial charge on any atom is -0.389 e. The van der Waals surface area contributed by atoms with Crippen molar-refractivity contribution in [2.75, 3.05) is 13.1 Å². The smallest absolute Gasteiger partial charge is 0.254 e. The zero-order valence-corrected chi connectivity index (χ0v) is 12.4. The van der Waals surface area contributed by atoms with Crippen molar-refractivity contribution < 1.29 is 14.3 Å². The van der Waals surface area contributed by atoms with E-state index in [9.17, 15) is 14.3 Å². The molecule has 1 aliphatic heterocycles. The van der Waals surface area contributed by atoms with Crippen LogP contribution >= 0.6 is 0 Å².